The fourth-order valence-corrected chi connectivity index (χ4v) is 8.18. The summed E-state index contributed by atoms with van der Waals surface area (Å²) in [6, 6.07) is 51.8. The molecule has 0 aliphatic carbocycles. The molecule has 0 saturated carbocycles. The lowest BCUT2D eigenvalue weighted by molar-refractivity contribution is 0.619. The second kappa shape index (κ2) is 12.2. The standard InChI is InChI=1S/C46H27N5O2S/c1-3-9-40-38(7-1)49-44(52-40)28-13-18-34(19-14-28)51(35-20-15-29(16-21-35)45-50-39-8-2-4-10-41(39)53-45)36-22-17-30-24-31(11-12-32(30)25-36)33-26-42-43(48-27-33)37-6-5-23-47-46(37)54-42/h1-27H. The topological polar surface area (TPSA) is 81.1 Å². The largest absolute Gasteiger partial charge is 0.436 e. The number of hydrogen-bond donors (Lipinski definition) is 0. The summed E-state index contributed by atoms with van der Waals surface area (Å²) in [6.45, 7) is 0. The quantitative estimate of drug-likeness (QED) is 0.170. The Morgan fingerprint density at radius 3 is 1.74 bits per heavy atom. The van der Waals surface area contributed by atoms with Gasteiger partial charge in [0.15, 0.2) is 11.2 Å². The van der Waals surface area contributed by atoms with Crippen molar-refractivity contribution in [2.75, 3.05) is 4.90 Å². The molecule has 0 amide bonds. The van der Waals surface area contributed by atoms with Gasteiger partial charge in [0.2, 0.25) is 11.8 Å². The summed E-state index contributed by atoms with van der Waals surface area (Å²) in [5.41, 5.74) is 11.3. The first-order valence-corrected chi connectivity index (χ1v) is 18.4. The predicted molar refractivity (Wildman–Crippen MR) is 219 cm³/mol. The van der Waals surface area contributed by atoms with Gasteiger partial charge < -0.3 is 13.7 Å². The monoisotopic (exact) mass is 713 g/mol. The van der Waals surface area contributed by atoms with Crippen LogP contribution in [0.3, 0.4) is 0 Å². The number of benzene rings is 6. The molecule has 11 rings (SSSR count). The van der Waals surface area contributed by atoms with Crippen molar-refractivity contribution < 1.29 is 8.83 Å². The molecule has 254 valence electrons. The van der Waals surface area contributed by atoms with Crippen molar-refractivity contribution in [3.63, 3.8) is 0 Å². The van der Waals surface area contributed by atoms with Gasteiger partial charge in [-0.25, -0.2) is 15.0 Å². The Kier molecular flexibility index (Phi) is 6.90. The normalized spacial score (nSPS) is 11.7. The van der Waals surface area contributed by atoms with Crippen LogP contribution >= 0.6 is 11.3 Å². The van der Waals surface area contributed by atoms with Crippen LogP contribution in [0.2, 0.25) is 0 Å². The highest BCUT2D eigenvalue weighted by Crippen LogP contribution is 2.40. The van der Waals surface area contributed by atoms with E-state index in [1.165, 1.54) is 0 Å². The first-order valence-electron chi connectivity index (χ1n) is 17.6. The highest BCUT2D eigenvalue weighted by molar-refractivity contribution is 7.25. The van der Waals surface area contributed by atoms with E-state index < -0.39 is 0 Å². The molecule has 0 aliphatic heterocycles. The smallest absolute Gasteiger partial charge is 0.227 e. The first kappa shape index (κ1) is 30.5. The number of pyridine rings is 2. The molecule has 8 heteroatoms. The van der Waals surface area contributed by atoms with Crippen molar-refractivity contribution in [3.8, 4) is 34.0 Å². The van der Waals surface area contributed by atoms with E-state index in [4.69, 9.17) is 23.8 Å². The minimum Gasteiger partial charge on any atom is -0.436 e. The highest BCUT2D eigenvalue weighted by atomic mass is 32.1. The zero-order chi connectivity index (χ0) is 35.6. The van der Waals surface area contributed by atoms with E-state index in [2.05, 4.69) is 107 Å². The minimum atomic E-state index is 0.594. The van der Waals surface area contributed by atoms with Gasteiger partial charge in [-0.2, -0.15) is 0 Å². The second-order valence-electron chi connectivity index (χ2n) is 13.2. The fraction of sp³-hybridized carbons (Fsp3) is 0. The van der Waals surface area contributed by atoms with Crippen LogP contribution in [0.4, 0.5) is 17.1 Å². The molecule has 54 heavy (non-hydrogen) atoms. The SMILES string of the molecule is c1ccc2oc(-c3ccc(N(c4ccc(-c5nc6ccccc6o5)cc4)c4ccc5cc(-c6cnc7c(c6)sc6ncccc67)ccc5c4)cc3)nc2c1. The fourth-order valence-electron chi connectivity index (χ4n) is 7.14. The molecule has 7 nitrogen and oxygen atoms in total. The number of oxazole rings is 2. The van der Waals surface area contributed by atoms with Gasteiger partial charge in [-0.1, -0.05) is 42.5 Å². The van der Waals surface area contributed by atoms with Crippen LogP contribution in [0.25, 0.3) is 87.4 Å². The number of aromatic nitrogens is 4. The Bertz CT molecular complexity index is 3000. The summed E-state index contributed by atoms with van der Waals surface area (Å²) in [5, 5.41) is 3.38. The number of anilines is 3. The van der Waals surface area contributed by atoms with Crippen LogP contribution < -0.4 is 4.90 Å². The molecule has 0 saturated heterocycles. The third-order valence-corrected chi connectivity index (χ3v) is 10.9. The number of nitrogens with zero attached hydrogens (tertiary/aromatic N) is 5. The van der Waals surface area contributed by atoms with E-state index in [9.17, 15) is 0 Å². The number of hydrogen-bond acceptors (Lipinski definition) is 8. The van der Waals surface area contributed by atoms with Gasteiger partial charge in [0.1, 0.15) is 15.9 Å². The average molecular weight is 714 g/mol. The van der Waals surface area contributed by atoms with Crippen molar-refractivity contribution in [2.45, 2.75) is 0 Å². The molecular weight excluding hydrogens is 687 g/mol. The lowest BCUT2D eigenvalue weighted by atomic mass is 10.0. The summed E-state index contributed by atoms with van der Waals surface area (Å²) in [4.78, 5) is 22.1. The van der Waals surface area contributed by atoms with Gasteiger partial charge in [-0.3, -0.25) is 4.98 Å². The van der Waals surface area contributed by atoms with Crippen molar-refractivity contribution in [2.24, 2.45) is 0 Å². The highest BCUT2D eigenvalue weighted by Gasteiger charge is 2.17. The molecular formula is C46H27N5O2S. The molecule has 0 aliphatic rings. The molecule has 0 spiro atoms. The van der Waals surface area contributed by atoms with E-state index >= 15 is 0 Å². The number of para-hydroxylation sites is 4. The molecule has 0 atom stereocenters. The number of thiophene rings is 1. The first-order chi connectivity index (χ1) is 26.7. The van der Waals surface area contributed by atoms with Crippen molar-refractivity contribution in [3.05, 3.63) is 164 Å². The molecule has 0 radical (unpaired) electrons. The summed E-state index contributed by atoms with van der Waals surface area (Å²) >= 11 is 1.68. The summed E-state index contributed by atoms with van der Waals surface area (Å²) in [5.74, 6) is 1.19. The zero-order valence-electron chi connectivity index (χ0n) is 28.5. The molecule has 0 bridgehead atoms. The second-order valence-corrected chi connectivity index (χ2v) is 14.2. The Morgan fingerprint density at radius 2 is 1.07 bits per heavy atom. The van der Waals surface area contributed by atoms with Crippen LogP contribution in [0.5, 0.6) is 0 Å². The summed E-state index contributed by atoms with van der Waals surface area (Å²) in [6.07, 6.45) is 3.80. The maximum absolute atomic E-state index is 6.08. The lowest BCUT2D eigenvalue weighted by Crippen LogP contribution is -2.09. The van der Waals surface area contributed by atoms with Crippen LogP contribution in [-0.4, -0.2) is 19.9 Å². The van der Waals surface area contributed by atoms with E-state index in [1.54, 1.807) is 11.3 Å². The van der Waals surface area contributed by atoms with Gasteiger partial charge in [0.05, 0.1) is 10.2 Å². The number of rotatable bonds is 6. The van der Waals surface area contributed by atoms with E-state index in [0.717, 1.165) is 92.7 Å². The molecule has 0 fully saturated rings. The van der Waals surface area contributed by atoms with E-state index in [1.807, 2.05) is 67.0 Å². The molecule has 6 aromatic carbocycles. The predicted octanol–water partition coefficient (Wildman–Crippen LogP) is 12.8. The van der Waals surface area contributed by atoms with Gasteiger partial charge in [-0.15, -0.1) is 11.3 Å². The maximum Gasteiger partial charge on any atom is 0.227 e. The lowest BCUT2D eigenvalue weighted by Gasteiger charge is -2.26. The van der Waals surface area contributed by atoms with Crippen molar-refractivity contribution >= 4 is 81.8 Å². The van der Waals surface area contributed by atoms with E-state index in [-0.39, 0.29) is 0 Å². The Balaban J connectivity index is 0.972. The Hall–Kier alpha value is -7.16. The molecule has 5 heterocycles. The third kappa shape index (κ3) is 5.19. The van der Waals surface area contributed by atoms with Crippen LogP contribution in [0, 0.1) is 0 Å². The summed E-state index contributed by atoms with van der Waals surface area (Å²) in [7, 11) is 0. The van der Waals surface area contributed by atoms with Crippen molar-refractivity contribution in [1.82, 2.24) is 19.9 Å². The van der Waals surface area contributed by atoms with Crippen LogP contribution in [-0.2, 0) is 0 Å². The average Bonchev–Trinajstić information content (AvgIpc) is 3.96. The van der Waals surface area contributed by atoms with E-state index in [0.29, 0.717) is 11.8 Å². The van der Waals surface area contributed by atoms with Gasteiger partial charge in [0, 0.05) is 51.5 Å². The zero-order valence-corrected chi connectivity index (χ0v) is 29.4. The van der Waals surface area contributed by atoms with Gasteiger partial charge in [-0.05, 0) is 126 Å². The summed E-state index contributed by atoms with van der Waals surface area (Å²) < 4.78 is 13.3. The van der Waals surface area contributed by atoms with Gasteiger partial charge >= 0.3 is 0 Å². The molecule has 0 N–H and O–H groups in total. The minimum absolute atomic E-state index is 0.594. The third-order valence-electron chi connectivity index (χ3n) is 9.83. The maximum atomic E-state index is 6.08. The van der Waals surface area contributed by atoms with Crippen molar-refractivity contribution in [1.29, 1.82) is 0 Å². The van der Waals surface area contributed by atoms with Crippen LogP contribution in [0.1, 0.15) is 0 Å². The van der Waals surface area contributed by atoms with Gasteiger partial charge in [0.25, 0.3) is 0 Å². The Morgan fingerprint density at radius 1 is 0.481 bits per heavy atom. The molecule has 11 aromatic rings. The molecule has 5 aromatic heterocycles. The van der Waals surface area contributed by atoms with Crippen LogP contribution in [0.15, 0.2) is 173 Å². The molecule has 0 unspecified atom stereocenters. The Labute approximate surface area is 312 Å². The number of fused-ring (bicyclic) bond motifs is 6.